The molecule has 8 N–H and O–H groups in total. The number of carbonyl (C=O) groups is 1. The maximum Gasteiger partial charge on any atom is 0.335 e. The molecule has 2 heterocycles. The lowest BCUT2D eigenvalue weighted by Crippen LogP contribution is -2.60. The van der Waals surface area contributed by atoms with Crippen LogP contribution in [0.15, 0.2) is 66.4 Å². The van der Waals surface area contributed by atoms with E-state index in [1.165, 1.54) is 60.7 Å². The number of aliphatic hydroxyl groups excluding tert-OH is 4. The molecule has 0 spiro atoms. The first-order valence-corrected chi connectivity index (χ1v) is 13.0. The van der Waals surface area contributed by atoms with Crippen LogP contribution < -0.4 is 9.47 Å². The number of ether oxygens (including phenoxy) is 4. The number of aromatic hydroxyl groups is 4. The van der Waals surface area contributed by atoms with E-state index >= 15 is 0 Å². The fourth-order valence-electron chi connectivity index (χ4n) is 4.54. The van der Waals surface area contributed by atoms with Gasteiger partial charge in [-0.1, -0.05) is 18.2 Å². The summed E-state index contributed by atoms with van der Waals surface area (Å²) in [7, 11) is 0. The van der Waals surface area contributed by atoms with Gasteiger partial charge < -0.3 is 59.8 Å². The summed E-state index contributed by atoms with van der Waals surface area (Å²) in [6, 6.07) is 12.3. The number of rotatable bonds is 7. The lowest BCUT2D eigenvalue weighted by molar-refractivity contribution is -0.277. The van der Waals surface area contributed by atoms with Crippen molar-refractivity contribution in [3.05, 3.63) is 83.1 Å². The number of fused-ring (bicyclic) bond motifs is 1. The fraction of sp³-hybridized carbons (Fsp3) is 0.233. The Bertz CT molecular complexity index is 1550. The number of phenols is 4. The van der Waals surface area contributed by atoms with Gasteiger partial charge in [-0.3, -0.25) is 0 Å². The van der Waals surface area contributed by atoms with Crippen molar-refractivity contribution >= 4 is 18.1 Å². The van der Waals surface area contributed by atoms with Gasteiger partial charge in [0.05, 0.1) is 12.2 Å². The third-order valence-electron chi connectivity index (χ3n) is 6.80. The van der Waals surface area contributed by atoms with Crippen LogP contribution in [0.4, 0.5) is 0 Å². The standard InChI is InChI=1S/C30H28O13/c31-13-24-26(37)27(38)28(39)30(43-24)42-22-11-17(33)10-21-18(22)12-23(29(41-21)15-3-5-16(32)6-4-15)40-25(36)8-2-14-1-7-19(34)20(35)9-14/h1-12,24,26-35,37-39H,13H2. The van der Waals surface area contributed by atoms with Crippen LogP contribution in [0.1, 0.15) is 22.8 Å². The van der Waals surface area contributed by atoms with E-state index < -0.39 is 49.4 Å². The van der Waals surface area contributed by atoms with Crippen LogP contribution in [0.5, 0.6) is 34.5 Å². The molecule has 0 saturated carbocycles. The van der Waals surface area contributed by atoms with Gasteiger partial charge in [0.2, 0.25) is 6.29 Å². The predicted molar refractivity (Wildman–Crippen MR) is 147 cm³/mol. The highest BCUT2D eigenvalue weighted by atomic mass is 16.7. The molecule has 0 aliphatic carbocycles. The molecule has 1 fully saturated rings. The largest absolute Gasteiger partial charge is 0.508 e. The molecule has 43 heavy (non-hydrogen) atoms. The van der Waals surface area contributed by atoms with Crippen molar-refractivity contribution in [2.45, 2.75) is 36.8 Å². The number of hydrogen-bond acceptors (Lipinski definition) is 13. The smallest absolute Gasteiger partial charge is 0.335 e. The zero-order valence-electron chi connectivity index (χ0n) is 22.2. The number of carbonyl (C=O) groups excluding carboxylic acids is 1. The minimum Gasteiger partial charge on any atom is -0.508 e. The zero-order valence-corrected chi connectivity index (χ0v) is 22.2. The molecule has 2 aliphatic heterocycles. The third kappa shape index (κ3) is 6.35. The Morgan fingerprint density at radius 3 is 2.30 bits per heavy atom. The zero-order chi connectivity index (χ0) is 30.8. The second-order valence-electron chi connectivity index (χ2n) is 9.81. The molecule has 6 atom stereocenters. The van der Waals surface area contributed by atoms with E-state index in [1.54, 1.807) is 0 Å². The second-order valence-corrected chi connectivity index (χ2v) is 9.81. The van der Waals surface area contributed by atoms with Crippen molar-refractivity contribution in [2.24, 2.45) is 0 Å². The minimum absolute atomic E-state index is 0.0181. The third-order valence-corrected chi connectivity index (χ3v) is 6.80. The first-order chi connectivity index (χ1) is 20.5. The van der Waals surface area contributed by atoms with Crippen molar-refractivity contribution in [1.29, 1.82) is 0 Å². The molecule has 0 radical (unpaired) electrons. The van der Waals surface area contributed by atoms with Crippen molar-refractivity contribution in [2.75, 3.05) is 6.61 Å². The first kappa shape index (κ1) is 29.7. The normalized spacial score (nSPS) is 25.0. The Kier molecular flexibility index (Phi) is 8.43. The highest BCUT2D eigenvalue weighted by Crippen LogP contribution is 2.45. The quantitative estimate of drug-likeness (QED) is 0.110. The van der Waals surface area contributed by atoms with E-state index in [1.807, 2.05) is 0 Å². The van der Waals surface area contributed by atoms with Crippen LogP contribution >= 0.6 is 0 Å². The van der Waals surface area contributed by atoms with Gasteiger partial charge in [-0.2, -0.15) is 0 Å². The maximum absolute atomic E-state index is 12.9. The molecule has 3 aromatic rings. The molecule has 5 rings (SSSR count). The van der Waals surface area contributed by atoms with Crippen LogP contribution in [0.25, 0.3) is 12.2 Å². The molecule has 6 unspecified atom stereocenters. The van der Waals surface area contributed by atoms with Gasteiger partial charge >= 0.3 is 5.97 Å². The highest BCUT2D eigenvalue weighted by Gasteiger charge is 2.45. The van der Waals surface area contributed by atoms with Crippen molar-refractivity contribution < 1.29 is 64.6 Å². The Labute approximate surface area is 244 Å². The summed E-state index contributed by atoms with van der Waals surface area (Å²) in [4.78, 5) is 12.9. The molecule has 13 nitrogen and oxygen atoms in total. The number of phenolic OH excluding ortho intramolecular Hbond substituents is 4. The molecule has 0 bridgehead atoms. The van der Waals surface area contributed by atoms with Crippen LogP contribution in [-0.4, -0.2) is 84.1 Å². The van der Waals surface area contributed by atoms with E-state index in [4.69, 9.17) is 18.9 Å². The average molecular weight is 597 g/mol. The van der Waals surface area contributed by atoms with Gasteiger partial charge in [0.25, 0.3) is 0 Å². The number of benzene rings is 3. The van der Waals surface area contributed by atoms with Crippen molar-refractivity contribution in [3.8, 4) is 34.5 Å². The average Bonchev–Trinajstić information content (AvgIpc) is 2.98. The van der Waals surface area contributed by atoms with Crippen LogP contribution in [0, 0.1) is 0 Å². The molecule has 2 aliphatic rings. The SMILES string of the molecule is O=C(C=Cc1ccc(O)c(O)c1)OC1=Cc2c(cc(O)cc2OC2OC(CO)C(O)C(O)C2O)OC1c1ccc(O)cc1. The van der Waals surface area contributed by atoms with Crippen LogP contribution in [0.2, 0.25) is 0 Å². The molecular formula is C30H28O13. The van der Waals surface area contributed by atoms with Crippen LogP contribution in [-0.2, 0) is 14.3 Å². The van der Waals surface area contributed by atoms with E-state index in [9.17, 15) is 45.6 Å². The highest BCUT2D eigenvalue weighted by molar-refractivity contribution is 5.88. The summed E-state index contributed by atoms with van der Waals surface area (Å²) < 4.78 is 22.9. The Hall–Kier alpha value is -4.79. The van der Waals surface area contributed by atoms with Gasteiger partial charge in [0.15, 0.2) is 23.4 Å². The van der Waals surface area contributed by atoms with E-state index in [0.717, 1.165) is 12.1 Å². The predicted octanol–water partition coefficient (Wildman–Crippen LogP) is 1.42. The number of hydrogen-bond donors (Lipinski definition) is 8. The summed E-state index contributed by atoms with van der Waals surface area (Å²) in [5.74, 6) is -1.95. The minimum atomic E-state index is -1.74. The van der Waals surface area contributed by atoms with Gasteiger partial charge in [-0.15, -0.1) is 0 Å². The molecule has 0 amide bonds. The Balaban J connectivity index is 1.48. The van der Waals surface area contributed by atoms with Crippen LogP contribution in [0.3, 0.4) is 0 Å². The number of aliphatic hydroxyl groups is 4. The Morgan fingerprint density at radius 1 is 0.860 bits per heavy atom. The summed E-state index contributed by atoms with van der Waals surface area (Å²) in [6.45, 7) is -0.683. The molecular weight excluding hydrogens is 568 g/mol. The lowest BCUT2D eigenvalue weighted by atomic mass is 9.99. The van der Waals surface area contributed by atoms with Gasteiger partial charge in [-0.05, 0) is 42.0 Å². The second kappa shape index (κ2) is 12.2. The van der Waals surface area contributed by atoms with Crippen molar-refractivity contribution in [1.82, 2.24) is 0 Å². The fourth-order valence-corrected chi connectivity index (χ4v) is 4.54. The summed E-state index contributed by atoms with van der Waals surface area (Å²) in [5.41, 5.74) is 1.02. The molecule has 3 aromatic carbocycles. The summed E-state index contributed by atoms with van der Waals surface area (Å²) >= 11 is 0. The van der Waals surface area contributed by atoms with Gasteiger partial charge in [-0.25, -0.2) is 4.79 Å². The topological polar surface area (TPSA) is 216 Å². The monoisotopic (exact) mass is 596 g/mol. The number of esters is 1. The maximum atomic E-state index is 12.9. The van der Waals surface area contributed by atoms with E-state index in [2.05, 4.69) is 0 Å². The Morgan fingerprint density at radius 2 is 1.60 bits per heavy atom. The lowest BCUT2D eigenvalue weighted by Gasteiger charge is -2.40. The van der Waals surface area contributed by atoms with E-state index in [-0.39, 0.29) is 45.8 Å². The molecule has 0 aromatic heterocycles. The van der Waals surface area contributed by atoms with Crippen molar-refractivity contribution in [3.63, 3.8) is 0 Å². The summed E-state index contributed by atoms with van der Waals surface area (Å²) in [6.07, 6.45) is -5.11. The van der Waals surface area contributed by atoms with E-state index in [0.29, 0.717) is 11.1 Å². The summed E-state index contributed by atoms with van der Waals surface area (Å²) in [5, 5.41) is 79.5. The van der Waals surface area contributed by atoms with Gasteiger partial charge in [0.1, 0.15) is 47.4 Å². The molecule has 226 valence electrons. The molecule has 13 heteroatoms. The first-order valence-electron chi connectivity index (χ1n) is 13.0. The molecule has 1 saturated heterocycles. The van der Waals surface area contributed by atoms with Gasteiger partial charge in [0, 0.05) is 23.8 Å².